The number of ether oxygens (including phenoxy) is 2. The van der Waals surface area contributed by atoms with Gasteiger partial charge >= 0.3 is 0 Å². The molecule has 3 aromatic rings. The number of aromatic nitrogens is 1. The van der Waals surface area contributed by atoms with E-state index in [1.54, 1.807) is 29.0 Å². The topological polar surface area (TPSA) is 104 Å². The maximum absolute atomic E-state index is 14.6. The van der Waals surface area contributed by atoms with E-state index in [4.69, 9.17) is 21.1 Å². The van der Waals surface area contributed by atoms with Crippen LogP contribution in [-0.4, -0.2) is 63.1 Å². The Kier molecular flexibility index (Phi) is 6.69. The van der Waals surface area contributed by atoms with Gasteiger partial charge in [-0.1, -0.05) is 29.4 Å². The van der Waals surface area contributed by atoms with Gasteiger partial charge in [0.2, 0.25) is 0 Å². The summed E-state index contributed by atoms with van der Waals surface area (Å²) in [7, 11) is 1.46. The third kappa shape index (κ3) is 3.99. The average Bonchev–Trinajstić information content (AvgIpc) is 3.16. The van der Waals surface area contributed by atoms with Crippen molar-refractivity contribution in [2.45, 2.75) is 47.4 Å². The Hall–Kier alpha value is -1.85. The number of hydrogen-bond donors (Lipinski definition) is 4. The molecule has 2 aromatic carbocycles. The lowest BCUT2D eigenvalue weighted by atomic mass is 9.98. The predicted molar refractivity (Wildman–Crippen MR) is 118 cm³/mol. The number of methoxy groups -OCH3 is 1. The third-order valence-corrected chi connectivity index (χ3v) is 6.98. The van der Waals surface area contributed by atoms with E-state index < -0.39 is 43.1 Å². The minimum Gasteiger partial charge on any atom is -0.497 e. The minimum absolute atomic E-state index is 0.359. The van der Waals surface area contributed by atoms with Gasteiger partial charge in [0.1, 0.15) is 36.0 Å². The first kappa shape index (κ1) is 23.3. The van der Waals surface area contributed by atoms with Crippen LogP contribution in [0.5, 0.6) is 5.75 Å². The van der Waals surface area contributed by atoms with Gasteiger partial charge in [-0.25, -0.2) is 4.39 Å². The van der Waals surface area contributed by atoms with Crippen LogP contribution in [0, 0.1) is 12.7 Å². The van der Waals surface area contributed by atoms with Crippen molar-refractivity contribution in [3.63, 3.8) is 0 Å². The van der Waals surface area contributed by atoms with Crippen molar-refractivity contribution in [3.05, 3.63) is 52.9 Å². The summed E-state index contributed by atoms with van der Waals surface area (Å²) >= 11 is 7.68. The number of aliphatic hydroxyl groups excluding tert-OH is 4. The van der Waals surface area contributed by atoms with E-state index in [9.17, 15) is 24.8 Å². The zero-order chi connectivity index (χ0) is 23.2. The van der Waals surface area contributed by atoms with Crippen molar-refractivity contribution in [3.8, 4) is 5.75 Å². The highest BCUT2D eigenvalue weighted by Gasteiger charge is 2.44. The van der Waals surface area contributed by atoms with Crippen LogP contribution in [0.25, 0.3) is 10.9 Å². The summed E-state index contributed by atoms with van der Waals surface area (Å²) < 4.78 is 27.0. The molecule has 172 valence electrons. The molecule has 0 bridgehead atoms. The molecule has 0 radical (unpaired) electrons. The third-order valence-electron chi connectivity index (χ3n) is 5.60. The maximum atomic E-state index is 14.6. The molecule has 10 heteroatoms. The molecule has 4 rings (SSSR count). The fourth-order valence-electron chi connectivity index (χ4n) is 3.89. The molecule has 5 atom stereocenters. The number of nitrogens with zero attached hydrogens (tertiary/aromatic N) is 1. The number of benzene rings is 2. The molecule has 32 heavy (non-hydrogen) atoms. The monoisotopic (exact) mass is 483 g/mol. The van der Waals surface area contributed by atoms with Crippen molar-refractivity contribution in [2.24, 2.45) is 0 Å². The smallest absolute Gasteiger partial charge is 0.163 e. The van der Waals surface area contributed by atoms with Crippen LogP contribution in [-0.2, 0) is 4.74 Å². The molecule has 7 nitrogen and oxygen atoms in total. The number of aryl methyl sites for hydroxylation is 1. The summed E-state index contributed by atoms with van der Waals surface area (Å²) in [4.78, 5) is 1.01. The summed E-state index contributed by atoms with van der Waals surface area (Å²) in [5.74, 6) is -0.0578. The van der Waals surface area contributed by atoms with E-state index in [2.05, 4.69) is 0 Å². The second-order valence-corrected chi connectivity index (χ2v) is 9.10. The van der Waals surface area contributed by atoms with Gasteiger partial charge in [-0.15, -0.1) is 0 Å². The summed E-state index contributed by atoms with van der Waals surface area (Å²) in [6.45, 7) is 1.33. The second-order valence-electron chi connectivity index (χ2n) is 7.61. The van der Waals surface area contributed by atoms with Gasteiger partial charge < -0.3 is 34.5 Å². The Balaban J connectivity index is 1.84. The van der Waals surface area contributed by atoms with Crippen molar-refractivity contribution in [1.29, 1.82) is 0 Å². The van der Waals surface area contributed by atoms with E-state index in [0.717, 1.165) is 10.9 Å². The summed E-state index contributed by atoms with van der Waals surface area (Å²) in [5.41, 5.74) is 1.39. The second kappa shape index (κ2) is 9.18. The molecule has 0 amide bonds. The molecule has 1 fully saturated rings. The average molecular weight is 484 g/mol. The van der Waals surface area contributed by atoms with Crippen LogP contribution >= 0.6 is 23.4 Å². The molecule has 2 heterocycles. The molecule has 0 unspecified atom stereocenters. The number of rotatable bonds is 5. The number of hydrogen-bond acceptors (Lipinski definition) is 7. The predicted octanol–water partition coefficient (Wildman–Crippen LogP) is 2.87. The van der Waals surface area contributed by atoms with Gasteiger partial charge in [0.05, 0.1) is 24.3 Å². The lowest BCUT2D eigenvalue weighted by Gasteiger charge is -2.40. The van der Waals surface area contributed by atoms with E-state index in [1.807, 2.05) is 13.0 Å². The first-order valence-corrected chi connectivity index (χ1v) is 11.1. The molecule has 0 aliphatic carbocycles. The fraction of sp³-hybridized carbons (Fsp3) is 0.364. The Morgan fingerprint density at radius 1 is 1.12 bits per heavy atom. The highest BCUT2D eigenvalue weighted by Crippen LogP contribution is 2.43. The lowest BCUT2D eigenvalue weighted by Crippen LogP contribution is -2.56. The first-order valence-electron chi connectivity index (χ1n) is 9.88. The molecule has 1 saturated heterocycles. The molecule has 4 N–H and O–H groups in total. The fourth-order valence-corrected chi connectivity index (χ4v) is 5.20. The Bertz CT molecular complexity index is 1140. The Morgan fingerprint density at radius 2 is 1.88 bits per heavy atom. The zero-order valence-electron chi connectivity index (χ0n) is 17.3. The van der Waals surface area contributed by atoms with Gasteiger partial charge in [-0.3, -0.25) is 0 Å². The normalized spacial score (nSPS) is 25.9. The summed E-state index contributed by atoms with van der Waals surface area (Å²) in [5, 5.41) is 41.6. The number of aliphatic hydroxyl groups is 4. The molecule has 1 aliphatic heterocycles. The largest absolute Gasteiger partial charge is 0.497 e. The van der Waals surface area contributed by atoms with Crippen LogP contribution in [0.4, 0.5) is 4.39 Å². The Morgan fingerprint density at radius 3 is 2.53 bits per heavy atom. The molecule has 1 aromatic heterocycles. The highest BCUT2D eigenvalue weighted by atomic mass is 35.5. The minimum atomic E-state index is -1.54. The van der Waals surface area contributed by atoms with E-state index in [-0.39, 0.29) is 0 Å². The van der Waals surface area contributed by atoms with Crippen molar-refractivity contribution in [1.82, 2.24) is 4.57 Å². The Labute approximate surface area is 192 Å². The first-order chi connectivity index (χ1) is 15.3. The van der Waals surface area contributed by atoms with Crippen LogP contribution in [0.3, 0.4) is 0 Å². The van der Waals surface area contributed by atoms with Crippen molar-refractivity contribution in [2.75, 3.05) is 13.7 Å². The van der Waals surface area contributed by atoms with E-state index >= 15 is 0 Å². The quantitative estimate of drug-likeness (QED) is 0.442. The molecule has 1 aliphatic rings. The van der Waals surface area contributed by atoms with Gasteiger partial charge in [-0.2, -0.15) is 0 Å². The van der Waals surface area contributed by atoms with Gasteiger partial charge in [0, 0.05) is 27.4 Å². The highest BCUT2D eigenvalue weighted by molar-refractivity contribution is 7.99. The number of fused-ring (bicyclic) bond motifs is 1. The van der Waals surface area contributed by atoms with E-state index in [1.165, 1.54) is 24.9 Å². The molecular weight excluding hydrogens is 461 g/mol. The standard InChI is InChI=1S/C22H23ClFNO6S/c1-10-3-5-12(23)18-17(10)16(32-15-6-4-11(30-2)7-13(15)24)8-25(18)22-21(29)20(28)19(27)14(9-26)31-22/h3-8,14,19-22,26-29H,9H2,1-2H3/t14-,19-,20+,21-,22-/m1/s1. The maximum Gasteiger partial charge on any atom is 0.163 e. The van der Waals surface area contributed by atoms with Crippen molar-refractivity contribution < 1.29 is 34.3 Å². The summed E-state index contributed by atoms with van der Waals surface area (Å²) in [6.07, 6.45) is -5.06. The molecule has 0 spiro atoms. The van der Waals surface area contributed by atoms with Gasteiger partial charge in [-0.05, 0) is 30.7 Å². The van der Waals surface area contributed by atoms with Gasteiger partial charge in [0.25, 0.3) is 0 Å². The van der Waals surface area contributed by atoms with Crippen LogP contribution in [0.1, 0.15) is 11.8 Å². The van der Waals surface area contributed by atoms with Gasteiger partial charge in [0.15, 0.2) is 6.23 Å². The van der Waals surface area contributed by atoms with Crippen LogP contribution in [0.2, 0.25) is 5.02 Å². The number of halogens is 2. The van der Waals surface area contributed by atoms with Crippen molar-refractivity contribution >= 4 is 34.3 Å². The molecular formula is C22H23ClFNO6S. The lowest BCUT2D eigenvalue weighted by molar-refractivity contribution is -0.250. The zero-order valence-corrected chi connectivity index (χ0v) is 18.8. The molecule has 0 saturated carbocycles. The van der Waals surface area contributed by atoms with E-state index in [0.29, 0.717) is 26.1 Å². The van der Waals surface area contributed by atoms with Crippen LogP contribution in [0.15, 0.2) is 46.3 Å². The SMILES string of the molecule is COc1ccc(Sc2cn([C@@H]3O[C@H](CO)[C@@H](O)[C@H](O)[C@H]3O)c3c(Cl)ccc(C)c23)c(F)c1. The van der Waals surface area contributed by atoms with Crippen LogP contribution < -0.4 is 4.74 Å². The summed E-state index contributed by atoms with van der Waals surface area (Å²) in [6, 6.07) is 8.08.